The molecule has 0 saturated carbocycles. The fourth-order valence-electron chi connectivity index (χ4n) is 1.11. The standard InChI is InChI=1S/C6H10O2S2/c1-2-8-6-5(7-1)3-9-4-10-6/h5-6H,1-4H2. The Morgan fingerprint density at radius 1 is 1.20 bits per heavy atom. The minimum atomic E-state index is 0.329. The molecule has 0 aromatic heterocycles. The van der Waals surface area contributed by atoms with Crippen LogP contribution in [0.3, 0.4) is 0 Å². The molecule has 2 aliphatic rings. The molecule has 2 aliphatic heterocycles. The van der Waals surface area contributed by atoms with Gasteiger partial charge in [-0.2, -0.15) is 0 Å². The summed E-state index contributed by atoms with van der Waals surface area (Å²) in [5, 5.41) is 1.16. The smallest absolute Gasteiger partial charge is 0.131 e. The summed E-state index contributed by atoms with van der Waals surface area (Å²) in [6.07, 6.45) is 0.359. The monoisotopic (exact) mass is 178 g/mol. The van der Waals surface area contributed by atoms with Gasteiger partial charge < -0.3 is 9.47 Å². The first-order valence-corrected chi connectivity index (χ1v) is 5.60. The second-order valence-corrected chi connectivity index (χ2v) is 4.79. The third-order valence-corrected chi connectivity index (χ3v) is 4.14. The molecule has 2 atom stereocenters. The van der Waals surface area contributed by atoms with Crippen molar-refractivity contribution >= 4 is 23.5 Å². The van der Waals surface area contributed by atoms with Crippen molar-refractivity contribution < 1.29 is 9.47 Å². The van der Waals surface area contributed by atoms with Crippen molar-refractivity contribution in [2.24, 2.45) is 0 Å². The van der Waals surface area contributed by atoms with Gasteiger partial charge in [0.05, 0.1) is 13.2 Å². The van der Waals surface area contributed by atoms with Crippen LogP contribution in [0.25, 0.3) is 0 Å². The van der Waals surface area contributed by atoms with E-state index >= 15 is 0 Å². The highest BCUT2D eigenvalue weighted by atomic mass is 32.2. The molecule has 0 amide bonds. The van der Waals surface area contributed by atoms with Gasteiger partial charge in [0.1, 0.15) is 11.5 Å². The van der Waals surface area contributed by atoms with Crippen LogP contribution in [0.1, 0.15) is 0 Å². The van der Waals surface area contributed by atoms with Crippen LogP contribution in [-0.4, -0.2) is 35.6 Å². The van der Waals surface area contributed by atoms with Crippen LogP contribution in [0.4, 0.5) is 0 Å². The third-order valence-electron chi connectivity index (χ3n) is 1.60. The Morgan fingerprint density at radius 3 is 3.00 bits per heavy atom. The Hall–Kier alpha value is 0.620. The van der Waals surface area contributed by atoms with Crippen LogP contribution in [0.2, 0.25) is 0 Å². The van der Waals surface area contributed by atoms with Gasteiger partial charge in [0.25, 0.3) is 0 Å². The molecule has 2 rings (SSSR count). The van der Waals surface area contributed by atoms with Gasteiger partial charge in [-0.1, -0.05) is 0 Å². The highest BCUT2D eigenvalue weighted by Crippen LogP contribution is 2.32. The molecule has 0 radical (unpaired) electrons. The average molecular weight is 178 g/mol. The Bertz CT molecular complexity index is 94.3. The van der Waals surface area contributed by atoms with Crippen molar-refractivity contribution in [1.29, 1.82) is 0 Å². The molecule has 0 aromatic carbocycles. The molecule has 0 aliphatic carbocycles. The predicted molar refractivity (Wildman–Crippen MR) is 44.4 cm³/mol. The highest BCUT2D eigenvalue weighted by Gasteiger charge is 2.30. The molecule has 2 fully saturated rings. The fraction of sp³-hybridized carbons (Fsp3) is 1.00. The largest absolute Gasteiger partial charge is 0.371 e. The summed E-state index contributed by atoms with van der Waals surface area (Å²) in [7, 11) is 0. The van der Waals surface area contributed by atoms with Gasteiger partial charge in [-0.25, -0.2) is 0 Å². The Labute approximate surface area is 69.0 Å². The van der Waals surface area contributed by atoms with Crippen molar-refractivity contribution in [3.8, 4) is 0 Å². The lowest BCUT2D eigenvalue weighted by Gasteiger charge is -2.34. The van der Waals surface area contributed by atoms with E-state index in [9.17, 15) is 0 Å². The van der Waals surface area contributed by atoms with Crippen molar-refractivity contribution in [2.75, 3.05) is 24.1 Å². The van der Waals surface area contributed by atoms with Crippen LogP contribution < -0.4 is 0 Å². The van der Waals surface area contributed by atoms with Crippen molar-refractivity contribution in [3.63, 3.8) is 0 Å². The van der Waals surface area contributed by atoms with E-state index in [1.54, 1.807) is 0 Å². The second kappa shape index (κ2) is 3.34. The lowest BCUT2D eigenvalue weighted by molar-refractivity contribution is -0.0941. The van der Waals surface area contributed by atoms with E-state index < -0.39 is 0 Å². The number of hydrogen-bond donors (Lipinski definition) is 0. The first-order chi connectivity index (χ1) is 4.97. The maximum atomic E-state index is 5.52. The molecule has 0 aromatic rings. The molecule has 58 valence electrons. The Balaban J connectivity index is 1.93. The number of hydrogen-bond acceptors (Lipinski definition) is 4. The average Bonchev–Trinajstić information content (AvgIpc) is 2.05. The molecule has 0 N–H and O–H groups in total. The van der Waals surface area contributed by atoms with E-state index in [0.29, 0.717) is 11.5 Å². The zero-order valence-corrected chi connectivity index (χ0v) is 7.25. The van der Waals surface area contributed by atoms with Gasteiger partial charge >= 0.3 is 0 Å². The van der Waals surface area contributed by atoms with Gasteiger partial charge in [0, 0.05) is 10.8 Å². The van der Waals surface area contributed by atoms with Gasteiger partial charge in [0.2, 0.25) is 0 Å². The third kappa shape index (κ3) is 1.44. The summed E-state index contributed by atoms with van der Waals surface area (Å²) in [6.45, 7) is 1.56. The SMILES string of the molecule is C1COC2SCSCC2O1. The summed E-state index contributed by atoms with van der Waals surface area (Å²) < 4.78 is 11.0. The maximum absolute atomic E-state index is 5.52. The minimum Gasteiger partial charge on any atom is -0.371 e. The Morgan fingerprint density at radius 2 is 2.10 bits per heavy atom. The lowest BCUT2D eigenvalue weighted by atomic mass is 10.4. The zero-order chi connectivity index (χ0) is 6.81. The van der Waals surface area contributed by atoms with Crippen molar-refractivity contribution in [3.05, 3.63) is 0 Å². The molecular weight excluding hydrogens is 168 g/mol. The number of rotatable bonds is 0. The molecule has 2 nitrogen and oxygen atoms in total. The van der Waals surface area contributed by atoms with Crippen LogP contribution in [0, 0.1) is 0 Å². The van der Waals surface area contributed by atoms with E-state index in [1.807, 2.05) is 23.5 Å². The van der Waals surface area contributed by atoms with E-state index in [1.165, 1.54) is 0 Å². The van der Waals surface area contributed by atoms with E-state index in [4.69, 9.17) is 9.47 Å². The highest BCUT2D eigenvalue weighted by molar-refractivity contribution is 8.16. The van der Waals surface area contributed by atoms with Crippen LogP contribution >= 0.6 is 23.5 Å². The maximum Gasteiger partial charge on any atom is 0.131 e. The minimum absolute atomic E-state index is 0.329. The zero-order valence-electron chi connectivity index (χ0n) is 5.62. The van der Waals surface area contributed by atoms with Crippen LogP contribution in [0.15, 0.2) is 0 Å². The first kappa shape index (κ1) is 7.28. The molecule has 0 bridgehead atoms. The van der Waals surface area contributed by atoms with Crippen LogP contribution in [0.5, 0.6) is 0 Å². The predicted octanol–water partition coefficient (Wildman–Crippen LogP) is 1.17. The topological polar surface area (TPSA) is 18.5 Å². The fourth-order valence-corrected chi connectivity index (χ4v) is 3.62. The quantitative estimate of drug-likeness (QED) is 0.554. The molecule has 0 spiro atoms. The normalized spacial score (nSPS) is 40.8. The van der Waals surface area contributed by atoms with Gasteiger partial charge in [-0.3, -0.25) is 0 Å². The summed E-state index contributed by atoms with van der Waals surface area (Å²) >= 11 is 3.80. The lowest BCUT2D eigenvalue weighted by Crippen LogP contribution is -2.40. The molecule has 4 heteroatoms. The van der Waals surface area contributed by atoms with E-state index in [2.05, 4.69) is 0 Å². The van der Waals surface area contributed by atoms with E-state index in [-0.39, 0.29) is 0 Å². The second-order valence-electron chi connectivity index (χ2n) is 2.30. The summed E-state index contributed by atoms with van der Waals surface area (Å²) in [6, 6.07) is 0. The van der Waals surface area contributed by atoms with Crippen LogP contribution in [-0.2, 0) is 9.47 Å². The van der Waals surface area contributed by atoms with Gasteiger partial charge in [-0.15, -0.1) is 23.5 Å². The van der Waals surface area contributed by atoms with E-state index in [0.717, 1.165) is 24.1 Å². The Kier molecular flexibility index (Phi) is 2.43. The number of ether oxygens (including phenoxy) is 2. The molecule has 2 heterocycles. The van der Waals surface area contributed by atoms with Crippen molar-refractivity contribution in [2.45, 2.75) is 11.5 Å². The summed E-state index contributed by atoms with van der Waals surface area (Å²) in [5.41, 5.74) is 0.329. The molecular formula is C6H10O2S2. The van der Waals surface area contributed by atoms with Gasteiger partial charge in [0.15, 0.2) is 0 Å². The molecule has 10 heavy (non-hydrogen) atoms. The van der Waals surface area contributed by atoms with Gasteiger partial charge in [-0.05, 0) is 0 Å². The molecule has 2 unspecified atom stereocenters. The number of fused-ring (bicyclic) bond motifs is 1. The summed E-state index contributed by atoms with van der Waals surface area (Å²) in [5.74, 6) is 1.11. The number of thioether (sulfide) groups is 2. The van der Waals surface area contributed by atoms with Crippen molar-refractivity contribution in [1.82, 2.24) is 0 Å². The first-order valence-electron chi connectivity index (χ1n) is 3.39. The molecule has 2 saturated heterocycles. The summed E-state index contributed by atoms with van der Waals surface area (Å²) in [4.78, 5) is 0.